The number of rotatable bonds is 6. The summed E-state index contributed by atoms with van der Waals surface area (Å²) in [5.41, 5.74) is 2.72. The van der Waals surface area contributed by atoms with Crippen LogP contribution in [0.5, 0.6) is 5.75 Å². The molecular weight excluding hydrogens is 374 g/mol. The van der Waals surface area contributed by atoms with Crippen molar-refractivity contribution in [3.63, 3.8) is 0 Å². The SMILES string of the molecule is O=C(OCc1cncs1)N1CCC(CCOc2ccc3ncccc3c2)CC1. The Hall–Kier alpha value is -2.67. The number of nitrogens with zero attached hydrogens (tertiary/aromatic N) is 3. The zero-order chi connectivity index (χ0) is 19.2. The predicted molar refractivity (Wildman–Crippen MR) is 108 cm³/mol. The highest BCUT2D eigenvalue weighted by Gasteiger charge is 2.23. The van der Waals surface area contributed by atoms with Gasteiger partial charge in [-0.25, -0.2) is 4.79 Å². The van der Waals surface area contributed by atoms with Crippen LogP contribution in [0.15, 0.2) is 48.2 Å². The maximum atomic E-state index is 12.2. The number of thiazole rings is 1. The standard InChI is InChI=1S/C21H23N3O3S/c25-21(27-14-19-13-22-15-28-19)24-9-5-16(6-10-24)7-11-26-18-3-4-20-17(12-18)2-1-8-23-20/h1-4,8,12-13,15-16H,5-7,9-11,14H2. The topological polar surface area (TPSA) is 64.5 Å². The first-order valence-corrected chi connectivity index (χ1v) is 10.4. The molecule has 6 nitrogen and oxygen atoms in total. The van der Waals surface area contributed by atoms with E-state index >= 15 is 0 Å². The highest BCUT2D eigenvalue weighted by Crippen LogP contribution is 2.23. The smallest absolute Gasteiger partial charge is 0.410 e. The first-order valence-electron chi connectivity index (χ1n) is 9.54. The van der Waals surface area contributed by atoms with Crippen molar-refractivity contribution < 1.29 is 14.3 Å². The molecule has 1 aliphatic heterocycles. The van der Waals surface area contributed by atoms with Gasteiger partial charge in [0.1, 0.15) is 12.4 Å². The van der Waals surface area contributed by atoms with Crippen LogP contribution in [0, 0.1) is 5.92 Å². The second-order valence-electron chi connectivity index (χ2n) is 6.95. The van der Waals surface area contributed by atoms with E-state index < -0.39 is 0 Å². The Bertz CT molecular complexity index is 908. The lowest BCUT2D eigenvalue weighted by Gasteiger charge is -2.31. The van der Waals surface area contributed by atoms with Gasteiger partial charge in [0.15, 0.2) is 0 Å². The summed E-state index contributed by atoms with van der Waals surface area (Å²) in [6.07, 6.45) is 6.27. The van der Waals surface area contributed by atoms with Gasteiger partial charge in [0.25, 0.3) is 0 Å². The van der Waals surface area contributed by atoms with Crippen molar-refractivity contribution in [2.45, 2.75) is 25.9 Å². The van der Waals surface area contributed by atoms with Crippen molar-refractivity contribution in [3.05, 3.63) is 53.1 Å². The lowest BCUT2D eigenvalue weighted by molar-refractivity contribution is 0.0807. The zero-order valence-electron chi connectivity index (χ0n) is 15.6. The second-order valence-corrected chi connectivity index (χ2v) is 7.92. The number of carbonyl (C=O) groups excluding carboxylic acids is 1. The highest BCUT2D eigenvalue weighted by molar-refractivity contribution is 7.09. The zero-order valence-corrected chi connectivity index (χ0v) is 16.4. The first kappa shape index (κ1) is 18.7. The van der Waals surface area contributed by atoms with Gasteiger partial charge in [0, 0.05) is 30.9 Å². The van der Waals surface area contributed by atoms with Gasteiger partial charge in [-0.2, -0.15) is 0 Å². The number of amides is 1. The monoisotopic (exact) mass is 397 g/mol. The van der Waals surface area contributed by atoms with Crippen LogP contribution < -0.4 is 4.74 Å². The average Bonchev–Trinajstić information content (AvgIpc) is 3.26. The van der Waals surface area contributed by atoms with Crippen molar-refractivity contribution in [2.75, 3.05) is 19.7 Å². The summed E-state index contributed by atoms with van der Waals surface area (Å²) in [7, 11) is 0. The van der Waals surface area contributed by atoms with E-state index in [4.69, 9.17) is 9.47 Å². The fraction of sp³-hybridized carbons (Fsp3) is 0.381. The number of aromatic nitrogens is 2. The molecule has 3 heterocycles. The molecule has 0 atom stereocenters. The number of hydrogen-bond donors (Lipinski definition) is 0. The molecule has 4 rings (SSSR count). The van der Waals surface area contributed by atoms with E-state index in [9.17, 15) is 4.79 Å². The van der Waals surface area contributed by atoms with Gasteiger partial charge in [0.2, 0.25) is 0 Å². The van der Waals surface area contributed by atoms with Crippen LogP contribution in [0.2, 0.25) is 0 Å². The molecule has 3 aromatic rings. The summed E-state index contributed by atoms with van der Waals surface area (Å²) in [5, 5.41) is 1.09. The molecule has 2 aromatic heterocycles. The maximum absolute atomic E-state index is 12.2. The summed E-state index contributed by atoms with van der Waals surface area (Å²) in [4.78, 5) is 23.2. The molecule has 1 aromatic carbocycles. The second kappa shape index (κ2) is 9.01. The number of pyridine rings is 1. The third kappa shape index (κ3) is 4.78. The van der Waals surface area contributed by atoms with Gasteiger partial charge in [-0.15, -0.1) is 11.3 Å². The van der Waals surface area contributed by atoms with Gasteiger partial charge in [0.05, 0.1) is 22.5 Å². The fourth-order valence-electron chi connectivity index (χ4n) is 3.43. The quantitative estimate of drug-likeness (QED) is 0.612. The molecule has 0 unspecified atom stereocenters. The number of benzene rings is 1. The summed E-state index contributed by atoms with van der Waals surface area (Å²) < 4.78 is 11.3. The normalized spacial score (nSPS) is 14.9. The Kier molecular flexibility index (Phi) is 6.01. The van der Waals surface area contributed by atoms with Crippen molar-refractivity contribution in [3.8, 4) is 5.75 Å². The minimum Gasteiger partial charge on any atom is -0.494 e. The molecule has 146 valence electrons. The van der Waals surface area contributed by atoms with Gasteiger partial charge in [-0.1, -0.05) is 6.07 Å². The van der Waals surface area contributed by atoms with E-state index in [2.05, 4.69) is 9.97 Å². The molecule has 28 heavy (non-hydrogen) atoms. The van der Waals surface area contributed by atoms with Gasteiger partial charge in [-0.3, -0.25) is 9.97 Å². The Balaban J connectivity index is 1.17. The van der Waals surface area contributed by atoms with E-state index in [1.165, 1.54) is 11.3 Å². The minimum absolute atomic E-state index is 0.229. The van der Waals surface area contributed by atoms with Crippen LogP contribution in [0.3, 0.4) is 0 Å². The Morgan fingerprint density at radius 3 is 2.96 bits per heavy atom. The first-order chi connectivity index (χ1) is 13.8. The lowest BCUT2D eigenvalue weighted by Crippen LogP contribution is -2.39. The molecule has 1 aliphatic rings. The maximum Gasteiger partial charge on any atom is 0.410 e. The summed E-state index contributed by atoms with van der Waals surface area (Å²) in [6, 6.07) is 9.96. The Labute approximate surface area is 168 Å². The van der Waals surface area contributed by atoms with Crippen LogP contribution in [-0.2, 0) is 11.3 Å². The lowest BCUT2D eigenvalue weighted by atomic mass is 9.94. The summed E-state index contributed by atoms with van der Waals surface area (Å²) in [6.45, 7) is 2.48. The molecule has 0 saturated carbocycles. The number of fused-ring (bicyclic) bond motifs is 1. The summed E-state index contributed by atoms with van der Waals surface area (Å²) >= 11 is 1.50. The van der Waals surface area contributed by atoms with Gasteiger partial charge < -0.3 is 14.4 Å². The van der Waals surface area contributed by atoms with Crippen LogP contribution in [0.4, 0.5) is 4.79 Å². The van der Waals surface area contributed by atoms with E-state index in [-0.39, 0.29) is 6.09 Å². The molecule has 0 radical (unpaired) electrons. The van der Waals surface area contributed by atoms with Crippen molar-refractivity contribution in [1.29, 1.82) is 0 Å². The van der Waals surface area contributed by atoms with Crippen molar-refractivity contribution >= 4 is 28.3 Å². The molecule has 1 saturated heterocycles. The number of likely N-dealkylation sites (tertiary alicyclic amines) is 1. The molecule has 0 spiro atoms. The molecular formula is C21H23N3O3S. The van der Waals surface area contributed by atoms with Crippen LogP contribution in [0.25, 0.3) is 10.9 Å². The van der Waals surface area contributed by atoms with Crippen molar-refractivity contribution in [1.82, 2.24) is 14.9 Å². The van der Waals surface area contributed by atoms with Gasteiger partial charge in [-0.05, 0) is 49.4 Å². The fourth-order valence-corrected chi connectivity index (χ4v) is 3.93. The average molecular weight is 398 g/mol. The van der Waals surface area contributed by atoms with E-state index in [1.54, 1.807) is 22.8 Å². The molecule has 1 fully saturated rings. The molecule has 0 aliphatic carbocycles. The molecule has 1 amide bonds. The van der Waals surface area contributed by atoms with E-state index in [0.29, 0.717) is 19.1 Å². The highest BCUT2D eigenvalue weighted by atomic mass is 32.1. The largest absolute Gasteiger partial charge is 0.494 e. The van der Waals surface area contributed by atoms with Crippen LogP contribution >= 0.6 is 11.3 Å². The predicted octanol–water partition coefficient (Wildman–Crippen LogP) is 4.51. The molecule has 0 bridgehead atoms. The Morgan fingerprint density at radius 1 is 1.25 bits per heavy atom. The molecule has 0 N–H and O–H groups in total. The molecule has 7 heteroatoms. The summed E-state index contributed by atoms with van der Waals surface area (Å²) in [5.74, 6) is 1.46. The number of carbonyl (C=O) groups is 1. The third-order valence-corrected chi connectivity index (χ3v) is 5.82. The Morgan fingerprint density at radius 2 is 2.14 bits per heavy atom. The minimum atomic E-state index is -0.229. The third-order valence-electron chi connectivity index (χ3n) is 5.06. The van der Waals surface area contributed by atoms with Crippen LogP contribution in [0.1, 0.15) is 24.1 Å². The van der Waals surface area contributed by atoms with Crippen molar-refractivity contribution in [2.24, 2.45) is 5.92 Å². The van der Waals surface area contributed by atoms with Crippen LogP contribution in [-0.4, -0.2) is 40.7 Å². The van der Waals surface area contributed by atoms with E-state index in [1.807, 2.05) is 30.3 Å². The number of hydrogen-bond acceptors (Lipinski definition) is 6. The van der Waals surface area contributed by atoms with Gasteiger partial charge >= 0.3 is 6.09 Å². The van der Waals surface area contributed by atoms with E-state index in [0.717, 1.165) is 53.9 Å². The number of piperidine rings is 1. The number of ether oxygens (including phenoxy) is 2.